The van der Waals surface area contributed by atoms with Gasteiger partial charge in [-0.05, 0) is 12.1 Å². The fourth-order valence-corrected chi connectivity index (χ4v) is 1.20. The molecular formula is C10H5FO3. The molecule has 0 N–H and O–H groups in total. The molecule has 1 heterocycles. The Hall–Kier alpha value is -1.97. The molecule has 2 rings (SSSR count). The number of hydrogen-bond acceptors (Lipinski definition) is 3. The highest BCUT2D eigenvalue weighted by Gasteiger charge is 2.06. The third-order valence-corrected chi connectivity index (χ3v) is 1.89. The van der Waals surface area contributed by atoms with Crippen LogP contribution in [0, 0.1) is 5.82 Å². The molecule has 0 amide bonds. The standard InChI is InChI=1S/C10H5FO3/c11-7-1-2-8-9(3-7)14-5-6(4-12)10(8)13/h1-5H. The van der Waals surface area contributed by atoms with Crippen molar-refractivity contribution >= 4 is 17.3 Å². The Morgan fingerprint density at radius 2 is 2.14 bits per heavy atom. The van der Waals surface area contributed by atoms with Crippen LogP contribution in [0.5, 0.6) is 0 Å². The molecule has 0 aliphatic rings. The molecule has 1 aromatic heterocycles. The van der Waals surface area contributed by atoms with E-state index in [4.69, 9.17) is 4.42 Å². The van der Waals surface area contributed by atoms with Gasteiger partial charge in [-0.15, -0.1) is 0 Å². The highest BCUT2D eigenvalue weighted by molar-refractivity contribution is 5.83. The third kappa shape index (κ3) is 1.21. The molecule has 0 aliphatic heterocycles. The van der Waals surface area contributed by atoms with Crippen molar-refractivity contribution in [3.05, 3.63) is 46.1 Å². The molecule has 0 saturated carbocycles. The highest BCUT2D eigenvalue weighted by atomic mass is 19.1. The topological polar surface area (TPSA) is 47.3 Å². The quantitative estimate of drug-likeness (QED) is 0.646. The van der Waals surface area contributed by atoms with Crippen molar-refractivity contribution in [3.8, 4) is 0 Å². The Labute approximate surface area is 77.8 Å². The molecule has 70 valence electrons. The number of aldehydes is 1. The molecule has 1 aromatic carbocycles. The first-order valence-corrected chi connectivity index (χ1v) is 3.88. The van der Waals surface area contributed by atoms with Crippen molar-refractivity contribution in [2.24, 2.45) is 0 Å². The maximum atomic E-state index is 12.7. The van der Waals surface area contributed by atoms with Gasteiger partial charge in [0.25, 0.3) is 0 Å². The molecule has 2 aromatic rings. The van der Waals surface area contributed by atoms with Gasteiger partial charge in [0.05, 0.1) is 10.9 Å². The van der Waals surface area contributed by atoms with E-state index in [1.165, 1.54) is 6.07 Å². The summed E-state index contributed by atoms with van der Waals surface area (Å²) in [4.78, 5) is 21.9. The lowest BCUT2D eigenvalue weighted by Gasteiger charge is -1.96. The second kappa shape index (κ2) is 3.06. The summed E-state index contributed by atoms with van der Waals surface area (Å²) >= 11 is 0. The van der Waals surface area contributed by atoms with Crippen molar-refractivity contribution in [1.29, 1.82) is 0 Å². The zero-order valence-electron chi connectivity index (χ0n) is 6.99. The lowest BCUT2D eigenvalue weighted by molar-refractivity contribution is 0.112. The largest absolute Gasteiger partial charge is 0.463 e. The molecule has 0 fully saturated rings. The lowest BCUT2D eigenvalue weighted by atomic mass is 10.2. The minimum absolute atomic E-state index is 0.0656. The SMILES string of the molecule is O=Cc1coc2cc(F)ccc2c1=O. The Morgan fingerprint density at radius 1 is 1.36 bits per heavy atom. The van der Waals surface area contributed by atoms with Crippen LogP contribution in [0.25, 0.3) is 11.0 Å². The average molecular weight is 192 g/mol. The second-order valence-electron chi connectivity index (χ2n) is 2.78. The molecule has 4 heteroatoms. The summed E-state index contributed by atoms with van der Waals surface area (Å²) in [6.45, 7) is 0. The second-order valence-corrected chi connectivity index (χ2v) is 2.78. The molecular weight excluding hydrogens is 187 g/mol. The van der Waals surface area contributed by atoms with Crippen molar-refractivity contribution in [2.45, 2.75) is 0 Å². The van der Waals surface area contributed by atoms with Crippen LogP contribution in [0.2, 0.25) is 0 Å². The average Bonchev–Trinajstić information content (AvgIpc) is 2.18. The Balaban J connectivity index is 2.91. The zero-order chi connectivity index (χ0) is 10.1. The van der Waals surface area contributed by atoms with E-state index >= 15 is 0 Å². The normalized spacial score (nSPS) is 10.4. The molecule has 3 nitrogen and oxygen atoms in total. The van der Waals surface area contributed by atoms with Crippen LogP contribution in [0.15, 0.2) is 33.7 Å². The van der Waals surface area contributed by atoms with Gasteiger partial charge < -0.3 is 4.42 Å². The number of carbonyl (C=O) groups is 1. The van der Waals surface area contributed by atoms with Gasteiger partial charge >= 0.3 is 0 Å². The fraction of sp³-hybridized carbons (Fsp3) is 0. The first-order chi connectivity index (χ1) is 6.72. The molecule has 0 bridgehead atoms. The molecule has 0 aliphatic carbocycles. The van der Waals surface area contributed by atoms with E-state index in [9.17, 15) is 14.0 Å². The monoisotopic (exact) mass is 192 g/mol. The molecule has 0 saturated heterocycles. The molecule has 14 heavy (non-hydrogen) atoms. The van der Waals surface area contributed by atoms with E-state index in [1.54, 1.807) is 0 Å². The summed E-state index contributed by atoms with van der Waals surface area (Å²) in [7, 11) is 0. The third-order valence-electron chi connectivity index (χ3n) is 1.89. The first-order valence-electron chi connectivity index (χ1n) is 3.88. The predicted octanol–water partition coefficient (Wildman–Crippen LogP) is 1.74. The predicted molar refractivity (Wildman–Crippen MR) is 47.8 cm³/mol. The number of benzene rings is 1. The summed E-state index contributed by atoms with van der Waals surface area (Å²) in [6.07, 6.45) is 1.44. The summed E-state index contributed by atoms with van der Waals surface area (Å²) in [5.41, 5.74) is -0.369. The molecule has 0 atom stereocenters. The van der Waals surface area contributed by atoms with Crippen LogP contribution in [0.1, 0.15) is 10.4 Å². The Kier molecular flexibility index (Phi) is 1.89. The van der Waals surface area contributed by atoms with E-state index in [0.717, 1.165) is 18.4 Å². The van der Waals surface area contributed by atoms with Crippen molar-refractivity contribution in [1.82, 2.24) is 0 Å². The summed E-state index contributed by atoms with van der Waals surface area (Å²) < 4.78 is 17.6. The smallest absolute Gasteiger partial charge is 0.203 e. The van der Waals surface area contributed by atoms with E-state index in [0.29, 0.717) is 6.29 Å². The number of hydrogen-bond donors (Lipinski definition) is 0. The first kappa shape index (κ1) is 8.62. The van der Waals surface area contributed by atoms with Gasteiger partial charge in [-0.2, -0.15) is 0 Å². The Bertz CT molecular complexity index is 557. The fourth-order valence-electron chi connectivity index (χ4n) is 1.20. The van der Waals surface area contributed by atoms with Gasteiger partial charge in [0.1, 0.15) is 17.7 Å². The number of fused-ring (bicyclic) bond motifs is 1. The minimum atomic E-state index is -0.487. The number of halogens is 1. The number of carbonyl (C=O) groups excluding carboxylic acids is 1. The highest BCUT2D eigenvalue weighted by Crippen LogP contribution is 2.12. The van der Waals surface area contributed by atoms with Gasteiger partial charge in [0.2, 0.25) is 5.43 Å². The van der Waals surface area contributed by atoms with Crippen LogP contribution in [-0.4, -0.2) is 6.29 Å². The molecule has 0 unspecified atom stereocenters. The van der Waals surface area contributed by atoms with Crippen LogP contribution in [0.4, 0.5) is 4.39 Å². The Morgan fingerprint density at radius 3 is 2.86 bits per heavy atom. The zero-order valence-corrected chi connectivity index (χ0v) is 6.99. The van der Waals surface area contributed by atoms with Crippen LogP contribution in [-0.2, 0) is 0 Å². The maximum absolute atomic E-state index is 12.7. The van der Waals surface area contributed by atoms with E-state index < -0.39 is 11.2 Å². The van der Waals surface area contributed by atoms with Gasteiger partial charge in [-0.25, -0.2) is 4.39 Å². The van der Waals surface area contributed by atoms with E-state index in [2.05, 4.69) is 0 Å². The molecule has 0 radical (unpaired) electrons. The van der Waals surface area contributed by atoms with Gasteiger partial charge in [-0.3, -0.25) is 9.59 Å². The summed E-state index contributed by atoms with van der Waals surface area (Å²) in [5, 5.41) is 0.205. The van der Waals surface area contributed by atoms with E-state index in [1.807, 2.05) is 0 Å². The van der Waals surface area contributed by atoms with Gasteiger partial charge in [0.15, 0.2) is 6.29 Å². The minimum Gasteiger partial charge on any atom is -0.463 e. The summed E-state index contributed by atoms with van der Waals surface area (Å²) in [6, 6.07) is 3.54. The number of rotatable bonds is 1. The lowest BCUT2D eigenvalue weighted by Crippen LogP contribution is -2.07. The van der Waals surface area contributed by atoms with Crippen LogP contribution >= 0.6 is 0 Å². The molecule has 0 spiro atoms. The van der Waals surface area contributed by atoms with Crippen molar-refractivity contribution in [3.63, 3.8) is 0 Å². The summed E-state index contributed by atoms with van der Waals surface area (Å²) in [5.74, 6) is -0.487. The maximum Gasteiger partial charge on any atom is 0.203 e. The van der Waals surface area contributed by atoms with Crippen LogP contribution in [0.3, 0.4) is 0 Å². The van der Waals surface area contributed by atoms with E-state index in [-0.39, 0.29) is 16.5 Å². The van der Waals surface area contributed by atoms with Crippen molar-refractivity contribution < 1.29 is 13.6 Å². The van der Waals surface area contributed by atoms with Gasteiger partial charge in [0, 0.05) is 6.07 Å². The van der Waals surface area contributed by atoms with Gasteiger partial charge in [-0.1, -0.05) is 0 Å². The van der Waals surface area contributed by atoms with Crippen LogP contribution < -0.4 is 5.43 Å². The van der Waals surface area contributed by atoms with Crippen molar-refractivity contribution in [2.75, 3.05) is 0 Å².